The zero-order valence-corrected chi connectivity index (χ0v) is 13.5. The Labute approximate surface area is 143 Å². The molecule has 1 aliphatic heterocycles. The minimum atomic E-state index is -0.126. The maximum atomic E-state index is 12.5. The average molecular weight is 340 g/mol. The van der Waals surface area contributed by atoms with E-state index in [1.54, 1.807) is 17.0 Å². The van der Waals surface area contributed by atoms with Gasteiger partial charge in [0.1, 0.15) is 17.5 Å². The highest BCUT2D eigenvalue weighted by Gasteiger charge is 2.33. The number of halogens is 1. The van der Waals surface area contributed by atoms with Crippen LogP contribution in [0, 0.1) is 0 Å². The van der Waals surface area contributed by atoms with Crippen LogP contribution in [0.4, 0.5) is 0 Å². The number of amides is 1. The van der Waals surface area contributed by atoms with Gasteiger partial charge < -0.3 is 9.64 Å². The Bertz CT molecular complexity index is 909. The highest BCUT2D eigenvalue weighted by atomic mass is 35.5. The van der Waals surface area contributed by atoms with Gasteiger partial charge in [-0.05, 0) is 30.3 Å². The molecule has 0 radical (unpaired) electrons. The molecule has 6 heteroatoms. The number of rotatable bonds is 3. The Balaban J connectivity index is 1.41. The van der Waals surface area contributed by atoms with Crippen molar-refractivity contribution in [2.24, 2.45) is 0 Å². The number of nitrogens with zero attached hydrogens (tertiary/aromatic N) is 3. The number of likely N-dealkylation sites (tertiary alicyclic amines) is 1. The van der Waals surface area contributed by atoms with Gasteiger partial charge in [-0.1, -0.05) is 29.8 Å². The predicted octanol–water partition coefficient (Wildman–Crippen LogP) is 3.19. The van der Waals surface area contributed by atoms with Gasteiger partial charge in [0.15, 0.2) is 0 Å². The van der Waals surface area contributed by atoms with E-state index in [0.29, 0.717) is 29.6 Å². The number of ether oxygens (including phenoxy) is 1. The maximum Gasteiger partial charge on any atom is 0.274 e. The topological polar surface area (TPSA) is 55.3 Å². The average Bonchev–Trinajstić information content (AvgIpc) is 2.57. The largest absolute Gasteiger partial charge is 0.487 e. The van der Waals surface area contributed by atoms with Crippen molar-refractivity contribution in [3.63, 3.8) is 0 Å². The van der Waals surface area contributed by atoms with E-state index in [-0.39, 0.29) is 12.0 Å². The Morgan fingerprint density at radius 3 is 2.71 bits per heavy atom. The number of carbonyl (C=O) groups is 1. The van der Waals surface area contributed by atoms with Crippen molar-refractivity contribution in [1.29, 1.82) is 0 Å². The van der Waals surface area contributed by atoms with Crippen LogP contribution in [0.3, 0.4) is 0 Å². The summed E-state index contributed by atoms with van der Waals surface area (Å²) in [6.07, 6.45) is 1.50. The Hall–Kier alpha value is -2.66. The van der Waals surface area contributed by atoms with Crippen molar-refractivity contribution in [3.05, 3.63) is 65.4 Å². The van der Waals surface area contributed by atoms with Gasteiger partial charge >= 0.3 is 0 Å². The van der Waals surface area contributed by atoms with E-state index in [9.17, 15) is 4.79 Å². The molecule has 1 saturated heterocycles. The summed E-state index contributed by atoms with van der Waals surface area (Å²) in [5.41, 5.74) is 1.85. The monoisotopic (exact) mass is 339 g/mol. The number of fused-ring (bicyclic) bond motifs is 1. The van der Waals surface area contributed by atoms with Crippen LogP contribution < -0.4 is 4.74 Å². The van der Waals surface area contributed by atoms with E-state index in [0.717, 1.165) is 11.0 Å². The second-order valence-electron chi connectivity index (χ2n) is 5.65. The molecule has 2 heterocycles. The van der Waals surface area contributed by atoms with Gasteiger partial charge in [0.25, 0.3) is 5.91 Å². The lowest BCUT2D eigenvalue weighted by Gasteiger charge is -2.38. The molecule has 5 nitrogen and oxygen atoms in total. The van der Waals surface area contributed by atoms with Gasteiger partial charge in [0.05, 0.1) is 30.3 Å². The summed E-state index contributed by atoms with van der Waals surface area (Å²) in [5.74, 6) is 0.587. The van der Waals surface area contributed by atoms with Crippen LogP contribution in [0.1, 0.15) is 10.5 Å². The Kier molecular flexibility index (Phi) is 3.78. The minimum Gasteiger partial charge on any atom is -0.487 e. The highest BCUT2D eigenvalue weighted by Crippen LogP contribution is 2.22. The first-order valence-electron chi connectivity index (χ1n) is 7.62. The number of aromatic nitrogens is 2. The molecule has 0 atom stereocenters. The number of hydrogen-bond acceptors (Lipinski definition) is 4. The third kappa shape index (κ3) is 2.90. The molecule has 1 aromatic heterocycles. The van der Waals surface area contributed by atoms with Crippen molar-refractivity contribution >= 4 is 28.5 Å². The lowest BCUT2D eigenvalue weighted by atomic mass is 10.1. The fourth-order valence-corrected chi connectivity index (χ4v) is 2.81. The van der Waals surface area contributed by atoms with Gasteiger partial charge in [-0.15, -0.1) is 0 Å². The highest BCUT2D eigenvalue weighted by molar-refractivity contribution is 6.30. The molecular weight excluding hydrogens is 326 g/mol. The lowest BCUT2D eigenvalue weighted by Crippen LogP contribution is -2.56. The molecule has 3 aromatic rings. The smallest absolute Gasteiger partial charge is 0.274 e. The SMILES string of the molecule is O=C(c1cnc2ccccc2n1)N1CC(Oc2cccc(Cl)c2)C1. The summed E-state index contributed by atoms with van der Waals surface area (Å²) in [5, 5.41) is 0.631. The van der Waals surface area contributed by atoms with Crippen LogP contribution in [0.25, 0.3) is 11.0 Å². The summed E-state index contributed by atoms with van der Waals surface area (Å²) in [4.78, 5) is 22.8. The first-order chi connectivity index (χ1) is 11.7. The van der Waals surface area contributed by atoms with Crippen molar-refractivity contribution in [2.45, 2.75) is 6.10 Å². The number of carbonyl (C=O) groups excluding carboxylic acids is 1. The molecule has 2 aromatic carbocycles. The van der Waals surface area contributed by atoms with E-state index in [2.05, 4.69) is 9.97 Å². The van der Waals surface area contributed by atoms with Crippen LogP contribution in [-0.2, 0) is 0 Å². The van der Waals surface area contributed by atoms with Gasteiger partial charge in [0.2, 0.25) is 0 Å². The molecule has 0 bridgehead atoms. The summed E-state index contributed by atoms with van der Waals surface area (Å²) in [7, 11) is 0. The molecule has 0 aliphatic carbocycles. The normalized spacial score (nSPS) is 14.5. The summed E-state index contributed by atoms with van der Waals surface area (Å²) >= 11 is 5.94. The second-order valence-corrected chi connectivity index (χ2v) is 6.09. The van der Waals surface area contributed by atoms with E-state index in [4.69, 9.17) is 16.3 Å². The third-order valence-corrected chi connectivity index (χ3v) is 4.14. The minimum absolute atomic E-state index is 0.0270. The van der Waals surface area contributed by atoms with Crippen molar-refractivity contribution in [3.8, 4) is 5.75 Å². The van der Waals surface area contributed by atoms with Gasteiger partial charge in [-0.3, -0.25) is 9.78 Å². The summed E-state index contributed by atoms with van der Waals surface area (Å²) in [6, 6.07) is 14.7. The summed E-state index contributed by atoms with van der Waals surface area (Å²) < 4.78 is 5.80. The molecule has 0 saturated carbocycles. The van der Waals surface area contributed by atoms with Crippen molar-refractivity contribution < 1.29 is 9.53 Å². The molecule has 1 amide bonds. The molecule has 120 valence electrons. The molecule has 1 aliphatic rings. The molecule has 0 N–H and O–H groups in total. The fourth-order valence-electron chi connectivity index (χ4n) is 2.63. The van der Waals surface area contributed by atoms with E-state index in [1.807, 2.05) is 36.4 Å². The van der Waals surface area contributed by atoms with Crippen LogP contribution in [0.15, 0.2) is 54.7 Å². The van der Waals surface area contributed by atoms with Crippen LogP contribution in [0.5, 0.6) is 5.75 Å². The predicted molar refractivity (Wildman–Crippen MR) is 91.3 cm³/mol. The van der Waals surface area contributed by atoms with Gasteiger partial charge in [0, 0.05) is 5.02 Å². The number of hydrogen-bond donors (Lipinski definition) is 0. The van der Waals surface area contributed by atoms with Gasteiger partial charge in [-0.25, -0.2) is 4.98 Å². The fraction of sp³-hybridized carbons (Fsp3) is 0.167. The zero-order valence-electron chi connectivity index (χ0n) is 12.7. The Morgan fingerprint density at radius 2 is 1.92 bits per heavy atom. The quantitative estimate of drug-likeness (QED) is 0.735. The molecule has 24 heavy (non-hydrogen) atoms. The van der Waals surface area contributed by atoms with Crippen LogP contribution in [0.2, 0.25) is 5.02 Å². The first-order valence-corrected chi connectivity index (χ1v) is 8.00. The number of benzene rings is 2. The molecule has 1 fully saturated rings. The van der Waals surface area contributed by atoms with Gasteiger partial charge in [-0.2, -0.15) is 0 Å². The Morgan fingerprint density at radius 1 is 1.12 bits per heavy atom. The van der Waals surface area contributed by atoms with E-state index < -0.39 is 0 Å². The molecular formula is C18H14ClN3O2. The summed E-state index contributed by atoms with van der Waals surface area (Å²) in [6.45, 7) is 1.06. The maximum absolute atomic E-state index is 12.5. The van der Waals surface area contributed by atoms with Crippen LogP contribution >= 0.6 is 11.6 Å². The molecule has 0 spiro atoms. The number of para-hydroxylation sites is 2. The molecule has 4 rings (SSSR count). The second kappa shape index (κ2) is 6.09. The standard InChI is InChI=1S/C18H14ClN3O2/c19-12-4-3-5-13(8-12)24-14-10-22(11-14)18(23)17-9-20-15-6-1-2-7-16(15)21-17/h1-9,14H,10-11H2. The molecule has 0 unspecified atom stereocenters. The zero-order chi connectivity index (χ0) is 16.5. The third-order valence-electron chi connectivity index (χ3n) is 3.90. The first kappa shape index (κ1) is 14.9. The van der Waals surface area contributed by atoms with Crippen LogP contribution in [-0.4, -0.2) is 40.0 Å². The van der Waals surface area contributed by atoms with E-state index >= 15 is 0 Å². The lowest BCUT2D eigenvalue weighted by molar-refractivity contribution is 0.0173. The van der Waals surface area contributed by atoms with Crippen molar-refractivity contribution in [2.75, 3.05) is 13.1 Å². The van der Waals surface area contributed by atoms with Crippen molar-refractivity contribution in [1.82, 2.24) is 14.9 Å². The van der Waals surface area contributed by atoms with E-state index in [1.165, 1.54) is 6.20 Å².